The molecule has 14 heteroatoms. The molecule has 6 N–H and O–H groups in total. The van der Waals surface area contributed by atoms with E-state index in [1.165, 1.54) is 13.8 Å². The molecule has 0 amide bonds. The highest BCUT2D eigenvalue weighted by molar-refractivity contribution is 5.89. The Morgan fingerprint density at radius 2 is 0.867 bits per heavy atom. The van der Waals surface area contributed by atoms with Gasteiger partial charge in [0.05, 0.1) is 38.9 Å². The molecule has 0 aliphatic rings. The van der Waals surface area contributed by atoms with Crippen LogP contribution in [-0.4, -0.2) is 90.9 Å². The highest BCUT2D eigenvalue weighted by Crippen LogP contribution is 2.17. The summed E-state index contributed by atoms with van der Waals surface area (Å²) in [6.45, 7) is 3.08. The average molecular weight is 440 g/mol. The van der Waals surface area contributed by atoms with Crippen molar-refractivity contribution >= 4 is 35.8 Å². The van der Waals surface area contributed by atoms with E-state index in [9.17, 15) is 39.0 Å². The van der Waals surface area contributed by atoms with Crippen LogP contribution in [0.4, 0.5) is 0 Å². The summed E-state index contributed by atoms with van der Waals surface area (Å²) in [4.78, 5) is 63.5. The fourth-order valence-electron chi connectivity index (χ4n) is 1.83. The summed E-state index contributed by atoms with van der Waals surface area (Å²) in [7, 11) is 0. The summed E-state index contributed by atoms with van der Waals surface area (Å²) in [5.41, 5.74) is -5.23. The molecule has 0 aromatic carbocycles. The van der Waals surface area contributed by atoms with Crippen molar-refractivity contribution in [3.8, 4) is 0 Å². The molecule has 0 aliphatic heterocycles. The number of esters is 2. The monoisotopic (exact) mass is 440 g/mol. The lowest BCUT2D eigenvalue weighted by atomic mass is 9.96. The van der Waals surface area contributed by atoms with Gasteiger partial charge in [-0.3, -0.25) is 19.2 Å². The number of aliphatic hydroxyl groups is 2. The number of carbonyl (C=O) groups excluding carboxylic acids is 2. The molecular weight excluding hydrogens is 416 g/mol. The smallest absolute Gasteiger partial charge is 0.336 e. The molecule has 172 valence electrons. The number of carboxylic acid groups (broad SMARTS) is 4. The van der Waals surface area contributed by atoms with Crippen LogP contribution in [0.25, 0.3) is 0 Å². The second kappa shape index (κ2) is 13.1. The molecule has 0 heterocycles. The second-order valence-electron chi connectivity index (χ2n) is 5.78. The van der Waals surface area contributed by atoms with Gasteiger partial charge in [-0.25, -0.2) is 9.59 Å². The van der Waals surface area contributed by atoms with Crippen molar-refractivity contribution in [1.29, 1.82) is 0 Å². The van der Waals surface area contributed by atoms with Crippen LogP contribution in [0.1, 0.15) is 39.5 Å². The van der Waals surface area contributed by atoms with Gasteiger partial charge in [0.25, 0.3) is 0 Å². The SMILES string of the molecule is CCOC(=O)CC(O)(CC(=O)O)C(=O)O.CCOC(=O)CC(O)(CC(=O)O)C(=O)O. The van der Waals surface area contributed by atoms with Crippen molar-refractivity contribution in [2.45, 2.75) is 50.7 Å². The normalized spacial score (nSPS) is 14.0. The Hall–Kier alpha value is -3.26. The van der Waals surface area contributed by atoms with Gasteiger partial charge in [-0.2, -0.15) is 0 Å². The standard InChI is InChI=1S/2C8H12O7/c2*1-2-15-6(11)4-8(14,7(12)13)3-5(9)10/h2*14H,2-4H2,1H3,(H,9,10)(H,12,13). The van der Waals surface area contributed by atoms with Crippen LogP contribution in [0.15, 0.2) is 0 Å². The van der Waals surface area contributed by atoms with E-state index in [0.717, 1.165) is 0 Å². The molecule has 2 unspecified atom stereocenters. The molecule has 0 saturated carbocycles. The zero-order chi connectivity index (χ0) is 24.1. The molecule has 0 spiro atoms. The first-order valence-corrected chi connectivity index (χ1v) is 8.29. The van der Waals surface area contributed by atoms with Crippen LogP contribution < -0.4 is 0 Å². The van der Waals surface area contributed by atoms with Gasteiger partial charge in [-0.05, 0) is 13.8 Å². The topological polar surface area (TPSA) is 242 Å². The largest absolute Gasteiger partial charge is 0.481 e. The van der Waals surface area contributed by atoms with Gasteiger partial charge >= 0.3 is 35.8 Å². The third kappa shape index (κ3) is 11.6. The number of carbonyl (C=O) groups is 6. The van der Waals surface area contributed by atoms with Gasteiger partial charge in [-0.15, -0.1) is 0 Å². The van der Waals surface area contributed by atoms with Gasteiger partial charge in [-0.1, -0.05) is 0 Å². The van der Waals surface area contributed by atoms with Crippen LogP contribution in [0.5, 0.6) is 0 Å². The number of carboxylic acids is 4. The predicted molar refractivity (Wildman–Crippen MR) is 92.2 cm³/mol. The van der Waals surface area contributed by atoms with Crippen LogP contribution in [0, 0.1) is 0 Å². The second-order valence-corrected chi connectivity index (χ2v) is 5.78. The Kier molecular flexibility index (Phi) is 12.6. The summed E-state index contributed by atoms with van der Waals surface area (Å²) >= 11 is 0. The van der Waals surface area contributed by atoms with Crippen LogP contribution >= 0.6 is 0 Å². The lowest BCUT2D eigenvalue weighted by Crippen LogP contribution is -2.43. The van der Waals surface area contributed by atoms with E-state index < -0.39 is 72.7 Å². The number of hydrogen-bond acceptors (Lipinski definition) is 10. The summed E-state index contributed by atoms with van der Waals surface area (Å²) in [5.74, 6) is -8.46. The Balaban J connectivity index is 0. The summed E-state index contributed by atoms with van der Waals surface area (Å²) in [6.07, 6.45) is -3.88. The van der Waals surface area contributed by atoms with E-state index in [1.807, 2.05) is 0 Å². The van der Waals surface area contributed by atoms with Crippen LogP contribution in [-0.2, 0) is 38.2 Å². The van der Waals surface area contributed by atoms with Crippen molar-refractivity contribution < 1.29 is 68.9 Å². The summed E-state index contributed by atoms with van der Waals surface area (Å²) in [5, 5.41) is 52.6. The minimum Gasteiger partial charge on any atom is -0.481 e. The van der Waals surface area contributed by atoms with Gasteiger partial charge in [0.2, 0.25) is 0 Å². The van der Waals surface area contributed by atoms with Crippen LogP contribution in [0.3, 0.4) is 0 Å². The highest BCUT2D eigenvalue weighted by atomic mass is 16.5. The molecule has 0 radical (unpaired) electrons. The third-order valence-corrected chi connectivity index (χ3v) is 3.17. The van der Waals surface area contributed by atoms with Crippen molar-refractivity contribution in [1.82, 2.24) is 0 Å². The molecule has 14 nitrogen and oxygen atoms in total. The highest BCUT2D eigenvalue weighted by Gasteiger charge is 2.42. The van der Waals surface area contributed by atoms with Crippen LogP contribution in [0.2, 0.25) is 0 Å². The van der Waals surface area contributed by atoms with E-state index in [2.05, 4.69) is 9.47 Å². The van der Waals surface area contributed by atoms with Gasteiger partial charge in [0.1, 0.15) is 0 Å². The minimum absolute atomic E-state index is 0.0294. The minimum atomic E-state index is -2.61. The quantitative estimate of drug-likeness (QED) is 0.188. The average Bonchev–Trinajstić information content (AvgIpc) is 2.53. The number of ether oxygens (including phenoxy) is 2. The maximum Gasteiger partial charge on any atom is 0.336 e. The lowest BCUT2D eigenvalue weighted by molar-refractivity contribution is -0.171. The zero-order valence-corrected chi connectivity index (χ0v) is 16.2. The van der Waals surface area contributed by atoms with E-state index >= 15 is 0 Å². The predicted octanol–water partition coefficient (Wildman–Crippen LogP) is -1.54. The fourth-order valence-corrected chi connectivity index (χ4v) is 1.83. The fraction of sp³-hybridized carbons (Fsp3) is 0.625. The third-order valence-electron chi connectivity index (χ3n) is 3.17. The van der Waals surface area contributed by atoms with Crippen molar-refractivity contribution in [3.05, 3.63) is 0 Å². The Morgan fingerprint density at radius 1 is 0.600 bits per heavy atom. The van der Waals surface area contributed by atoms with Gasteiger partial charge in [0.15, 0.2) is 11.2 Å². The Morgan fingerprint density at radius 3 is 1.03 bits per heavy atom. The van der Waals surface area contributed by atoms with E-state index in [4.69, 9.17) is 20.4 Å². The van der Waals surface area contributed by atoms with Gasteiger partial charge < -0.3 is 40.1 Å². The van der Waals surface area contributed by atoms with E-state index in [0.29, 0.717) is 0 Å². The molecule has 0 fully saturated rings. The Labute approximate surface area is 169 Å². The molecule has 30 heavy (non-hydrogen) atoms. The maximum atomic E-state index is 10.9. The first kappa shape index (κ1) is 28.9. The molecule has 0 aliphatic carbocycles. The summed E-state index contributed by atoms with van der Waals surface area (Å²) in [6, 6.07) is 0. The van der Waals surface area contributed by atoms with Crippen molar-refractivity contribution in [2.75, 3.05) is 13.2 Å². The summed E-state index contributed by atoms with van der Waals surface area (Å²) < 4.78 is 8.83. The molecule has 0 rings (SSSR count). The molecule has 0 bridgehead atoms. The first-order chi connectivity index (χ1) is 13.6. The van der Waals surface area contributed by atoms with E-state index in [1.54, 1.807) is 0 Å². The maximum absolute atomic E-state index is 10.9. The molecule has 2 atom stereocenters. The molecular formula is C16H24O14. The van der Waals surface area contributed by atoms with Crippen molar-refractivity contribution in [2.24, 2.45) is 0 Å². The zero-order valence-electron chi connectivity index (χ0n) is 16.2. The number of aliphatic carboxylic acids is 4. The van der Waals surface area contributed by atoms with E-state index in [-0.39, 0.29) is 13.2 Å². The first-order valence-electron chi connectivity index (χ1n) is 8.29. The van der Waals surface area contributed by atoms with Crippen molar-refractivity contribution in [3.63, 3.8) is 0 Å². The molecule has 0 saturated heterocycles. The Bertz CT molecular complexity index is 600. The molecule has 0 aromatic heterocycles. The number of rotatable bonds is 12. The lowest BCUT2D eigenvalue weighted by Gasteiger charge is -2.19. The molecule has 0 aromatic rings. The van der Waals surface area contributed by atoms with Gasteiger partial charge in [0, 0.05) is 0 Å². The number of hydrogen-bond donors (Lipinski definition) is 6.